The lowest BCUT2D eigenvalue weighted by Gasteiger charge is -2.29. The summed E-state index contributed by atoms with van der Waals surface area (Å²) in [5, 5.41) is 2.35. The smallest absolute Gasteiger partial charge is 0.137 e. The molecule has 318 valence electrons. The number of hydrogen-bond acceptors (Lipinski definition) is 4. The summed E-state index contributed by atoms with van der Waals surface area (Å²) < 4.78 is 9.08. The molecule has 3 heterocycles. The molecule has 2 aromatic heterocycles. The summed E-state index contributed by atoms with van der Waals surface area (Å²) in [4.78, 5) is 9.80. The first-order valence-corrected chi connectivity index (χ1v) is 22.5. The summed E-state index contributed by atoms with van der Waals surface area (Å²) in [6.07, 6.45) is 1.93. The molecular formula is C59H56N4O. The van der Waals surface area contributed by atoms with Crippen LogP contribution in [-0.4, -0.2) is 16.2 Å². The van der Waals surface area contributed by atoms with Crippen LogP contribution in [0.5, 0.6) is 11.5 Å². The third kappa shape index (κ3) is 7.49. The Balaban J connectivity index is 1.05. The molecule has 0 N–H and O–H groups in total. The zero-order valence-corrected chi connectivity index (χ0v) is 38.2. The van der Waals surface area contributed by atoms with Gasteiger partial charge in [0.2, 0.25) is 0 Å². The number of aromatic nitrogens is 2. The quantitative estimate of drug-likeness (QED) is 0.153. The van der Waals surface area contributed by atoms with Gasteiger partial charge in [0.25, 0.3) is 0 Å². The number of hydrogen-bond donors (Lipinski definition) is 0. The van der Waals surface area contributed by atoms with Crippen molar-refractivity contribution in [3.63, 3.8) is 0 Å². The third-order valence-electron chi connectivity index (χ3n) is 13.1. The maximum atomic E-state index is 6.81. The molecule has 0 atom stereocenters. The average molecular weight is 837 g/mol. The molecule has 0 spiro atoms. The van der Waals surface area contributed by atoms with Crippen molar-refractivity contribution < 1.29 is 4.74 Å². The largest absolute Gasteiger partial charge is 0.457 e. The van der Waals surface area contributed by atoms with E-state index in [1.54, 1.807) is 0 Å². The first kappa shape index (κ1) is 40.9. The molecule has 9 aromatic rings. The van der Waals surface area contributed by atoms with E-state index in [1.165, 1.54) is 50.1 Å². The minimum atomic E-state index is -0.227. The number of para-hydroxylation sites is 1. The van der Waals surface area contributed by atoms with Gasteiger partial charge in [-0.25, -0.2) is 4.98 Å². The lowest BCUT2D eigenvalue weighted by Crippen LogP contribution is -2.25. The van der Waals surface area contributed by atoms with Gasteiger partial charge in [-0.2, -0.15) is 0 Å². The molecule has 0 amide bonds. The molecule has 0 saturated heterocycles. The Morgan fingerprint density at radius 1 is 0.438 bits per heavy atom. The second-order valence-corrected chi connectivity index (χ2v) is 19.9. The highest BCUT2D eigenvalue weighted by molar-refractivity contribution is 6.09. The normalized spacial score (nSPS) is 13.2. The lowest BCUT2D eigenvalue weighted by atomic mass is 9.77. The Morgan fingerprint density at radius 2 is 1.11 bits per heavy atom. The lowest BCUT2D eigenvalue weighted by molar-refractivity contribution is 0.483. The summed E-state index contributed by atoms with van der Waals surface area (Å²) in [5.74, 6) is 2.44. The van der Waals surface area contributed by atoms with Gasteiger partial charge in [-0.15, -0.1) is 0 Å². The highest BCUT2D eigenvalue weighted by Gasteiger charge is 2.32. The van der Waals surface area contributed by atoms with E-state index in [0.29, 0.717) is 6.67 Å². The van der Waals surface area contributed by atoms with Crippen molar-refractivity contribution in [2.24, 2.45) is 0 Å². The van der Waals surface area contributed by atoms with Gasteiger partial charge >= 0.3 is 0 Å². The summed E-state index contributed by atoms with van der Waals surface area (Å²) in [6, 6.07) is 63.6. The van der Waals surface area contributed by atoms with E-state index < -0.39 is 0 Å². The van der Waals surface area contributed by atoms with Crippen LogP contribution in [-0.2, 0) is 16.2 Å². The molecule has 0 saturated carbocycles. The predicted molar refractivity (Wildman–Crippen MR) is 269 cm³/mol. The van der Waals surface area contributed by atoms with Gasteiger partial charge in [-0.1, -0.05) is 152 Å². The first-order chi connectivity index (χ1) is 30.7. The molecule has 1 aliphatic rings. The van der Waals surface area contributed by atoms with Gasteiger partial charge in [0.1, 0.15) is 24.0 Å². The Kier molecular flexibility index (Phi) is 9.98. The molecule has 0 unspecified atom stereocenters. The highest BCUT2D eigenvalue weighted by Crippen LogP contribution is 2.48. The minimum absolute atomic E-state index is 0.00857. The van der Waals surface area contributed by atoms with Gasteiger partial charge < -0.3 is 14.5 Å². The molecule has 1 aliphatic heterocycles. The van der Waals surface area contributed by atoms with Crippen LogP contribution in [0.15, 0.2) is 182 Å². The zero-order valence-electron chi connectivity index (χ0n) is 38.2. The molecule has 5 heteroatoms. The van der Waals surface area contributed by atoms with Crippen LogP contribution in [0.2, 0.25) is 0 Å². The Labute approximate surface area is 378 Å². The van der Waals surface area contributed by atoms with E-state index in [0.717, 1.165) is 45.1 Å². The standard InChI is InChI=1S/C59H56N4O/c1-57(2,3)43-26-29-53-55(35-43)61(39-62(53)47-33-41(40-18-11-9-12-19-40)32-45(34-47)59(7,8)42-20-13-10-14-21-42)46-22-17-23-48(37-46)64-49-27-28-51-50-24-15-16-25-52(50)63(54(51)38-49)56-36-44(30-31-60-56)58(4,5)6/h9-38H,39H2,1-8H3. The van der Waals surface area contributed by atoms with E-state index in [-0.39, 0.29) is 16.2 Å². The van der Waals surface area contributed by atoms with Crippen LogP contribution in [0.25, 0.3) is 38.8 Å². The number of pyridine rings is 1. The fourth-order valence-corrected chi connectivity index (χ4v) is 9.24. The Bertz CT molecular complexity index is 3170. The summed E-state index contributed by atoms with van der Waals surface area (Å²) in [6.45, 7) is 18.9. The van der Waals surface area contributed by atoms with E-state index in [2.05, 4.69) is 246 Å². The van der Waals surface area contributed by atoms with E-state index >= 15 is 0 Å². The number of nitrogens with zero attached hydrogens (tertiary/aromatic N) is 4. The average Bonchev–Trinajstić information content (AvgIpc) is 3.85. The van der Waals surface area contributed by atoms with Crippen molar-refractivity contribution in [3.05, 3.63) is 204 Å². The number of fused-ring (bicyclic) bond motifs is 4. The molecule has 7 aromatic carbocycles. The van der Waals surface area contributed by atoms with Crippen LogP contribution >= 0.6 is 0 Å². The van der Waals surface area contributed by atoms with Crippen molar-refractivity contribution in [2.75, 3.05) is 16.5 Å². The maximum Gasteiger partial charge on any atom is 0.137 e. The van der Waals surface area contributed by atoms with E-state index in [4.69, 9.17) is 9.72 Å². The van der Waals surface area contributed by atoms with Gasteiger partial charge in [0, 0.05) is 45.9 Å². The molecule has 0 aliphatic carbocycles. The first-order valence-electron chi connectivity index (χ1n) is 22.5. The fourth-order valence-electron chi connectivity index (χ4n) is 9.24. The monoisotopic (exact) mass is 836 g/mol. The zero-order chi connectivity index (χ0) is 44.4. The summed E-state index contributed by atoms with van der Waals surface area (Å²) in [5.41, 5.74) is 14.0. The molecule has 64 heavy (non-hydrogen) atoms. The van der Waals surface area contributed by atoms with Crippen molar-refractivity contribution >= 4 is 44.6 Å². The van der Waals surface area contributed by atoms with Gasteiger partial charge in [0.15, 0.2) is 0 Å². The molecule has 0 bridgehead atoms. The van der Waals surface area contributed by atoms with Crippen LogP contribution in [0, 0.1) is 0 Å². The number of benzene rings is 7. The molecule has 10 rings (SSSR count). The molecule has 5 nitrogen and oxygen atoms in total. The Hall–Kier alpha value is -7.11. The van der Waals surface area contributed by atoms with Crippen molar-refractivity contribution in [2.45, 2.75) is 71.6 Å². The number of rotatable bonds is 8. The highest BCUT2D eigenvalue weighted by atomic mass is 16.5. The number of ether oxygens (including phenoxy) is 1. The van der Waals surface area contributed by atoms with Gasteiger partial charge in [-0.3, -0.25) is 4.57 Å². The Morgan fingerprint density at radius 3 is 1.88 bits per heavy atom. The SMILES string of the molecule is CC(C)(C)c1ccnc(-n2c3ccccc3c3ccc(Oc4cccc(N5CN(c6cc(-c7ccccc7)cc(C(C)(C)c7ccccc7)c6)c6ccc(C(C)(C)C)cc65)c4)cc32)c1. The minimum Gasteiger partial charge on any atom is -0.457 e. The molecule has 0 radical (unpaired) electrons. The predicted octanol–water partition coefficient (Wildman–Crippen LogP) is 15.8. The van der Waals surface area contributed by atoms with Gasteiger partial charge in [-0.05, 0) is 111 Å². The molecule has 0 fully saturated rings. The second kappa shape index (κ2) is 15.6. The van der Waals surface area contributed by atoms with Crippen molar-refractivity contribution in [1.82, 2.24) is 9.55 Å². The molecular weight excluding hydrogens is 781 g/mol. The van der Waals surface area contributed by atoms with Crippen LogP contribution in [0.3, 0.4) is 0 Å². The van der Waals surface area contributed by atoms with Crippen molar-refractivity contribution in [1.29, 1.82) is 0 Å². The van der Waals surface area contributed by atoms with E-state index in [9.17, 15) is 0 Å². The van der Waals surface area contributed by atoms with Crippen LogP contribution in [0.4, 0.5) is 22.7 Å². The summed E-state index contributed by atoms with van der Waals surface area (Å²) >= 11 is 0. The van der Waals surface area contributed by atoms with E-state index in [1.807, 2.05) is 6.20 Å². The van der Waals surface area contributed by atoms with Gasteiger partial charge in [0.05, 0.1) is 22.4 Å². The van der Waals surface area contributed by atoms with Crippen LogP contribution in [0.1, 0.15) is 77.6 Å². The third-order valence-corrected chi connectivity index (χ3v) is 13.1. The van der Waals surface area contributed by atoms with Crippen LogP contribution < -0.4 is 14.5 Å². The fraction of sp³-hybridized carbons (Fsp3) is 0.203. The maximum absolute atomic E-state index is 6.81. The topological polar surface area (TPSA) is 33.5 Å². The second-order valence-electron chi connectivity index (χ2n) is 19.9. The summed E-state index contributed by atoms with van der Waals surface area (Å²) in [7, 11) is 0. The number of anilines is 4. The van der Waals surface area contributed by atoms with Crippen molar-refractivity contribution in [3.8, 4) is 28.4 Å².